The Balaban J connectivity index is 2.04. The lowest BCUT2D eigenvalue weighted by atomic mass is 10.1. The highest BCUT2D eigenvalue weighted by Gasteiger charge is 2.09. The van der Waals surface area contributed by atoms with Gasteiger partial charge in [0.25, 0.3) is 0 Å². The highest BCUT2D eigenvalue weighted by Crippen LogP contribution is 2.04. The number of benzene rings is 1. The number of aliphatic hydroxyl groups excluding tert-OH is 2. The van der Waals surface area contributed by atoms with Crippen molar-refractivity contribution >= 4 is 0 Å². The molecule has 0 fully saturated rings. The second kappa shape index (κ2) is 7.39. The molecule has 0 radical (unpaired) electrons. The summed E-state index contributed by atoms with van der Waals surface area (Å²) in [5.74, 6) is 0. The molecule has 0 aromatic heterocycles. The van der Waals surface area contributed by atoms with Gasteiger partial charge in [-0.15, -0.1) is 0 Å². The molecular weight excluding hydrogens is 204 g/mol. The first-order valence-corrected chi connectivity index (χ1v) is 5.68. The zero-order valence-electron chi connectivity index (χ0n) is 9.67. The molecule has 90 valence electrons. The molecule has 0 unspecified atom stereocenters. The summed E-state index contributed by atoms with van der Waals surface area (Å²) in [6, 6.07) is 9.98. The van der Waals surface area contributed by atoms with Crippen molar-refractivity contribution in [2.45, 2.75) is 38.6 Å². The lowest BCUT2D eigenvalue weighted by molar-refractivity contribution is 0.0175. The van der Waals surface area contributed by atoms with Crippen LogP contribution < -0.4 is 0 Å². The Morgan fingerprint density at radius 2 is 1.88 bits per heavy atom. The first-order chi connectivity index (χ1) is 7.70. The average Bonchev–Trinajstić information content (AvgIpc) is 2.29. The smallest absolute Gasteiger partial charge is 0.0797 e. The van der Waals surface area contributed by atoms with Crippen LogP contribution in [0.5, 0.6) is 0 Å². The zero-order valence-corrected chi connectivity index (χ0v) is 9.67. The molecule has 1 aromatic carbocycles. The molecule has 0 saturated carbocycles. The molecule has 3 heteroatoms. The third-order valence-electron chi connectivity index (χ3n) is 2.46. The van der Waals surface area contributed by atoms with E-state index in [-0.39, 0.29) is 0 Å². The lowest BCUT2D eigenvalue weighted by Gasteiger charge is -2.12. The maximum Gasteiger partial charge on any atom is 0.0797 e. The van der Waals surface area contributed by atoms with Crippen LogP contribution in [0.3, 0.4) is 0 Å². The summed E-state index contributed by atoms with van der Waals surface area (Å²) in [6.45, 7) is 2.81. The molecule has 0 saturated heterocycles. The Labute approximate surface area is 96.7 Å². The summed E-state index contributed by atoms with van der Waals surface area (Å²) in [5.41, 5.74) is 1.15. The summed E-state index contributed by atoms with van der Waals surface area (Å²) in [6.07, 6.45) is 0.0418. The molecule has 0 heterocycles. The molecule has 0 spiro atoms. The van der Waals surface area contributed by atoms with Gasteiger partial charge in [0.2, 0.25) is 0 Å². The zero-order chi connectivity index (χ0) is 11.8. The molecule has 16 heavy (non-hydrogen) atoms. The fourth-order valence-electron chi connectivity index (χ4n) is 1.40. The van der Waals surface area contributed by atoms with Crippen LogP contribution in [0.1, 0.15) is 25.3 Å². The quantitative estimate of drug-likeness (QED) is 0.693. The van der Waals surface area contributed by atoms with Gasteiger partial charge in [-0.25, -0.2) is 0 Å². The summed E-state index contributed by atoms with van der Waals surface area (Å²) in [7, 11) is 0. The van der Waals surface area contributed by atoms with E-state index in [1.54, 1.807) is 6.92 Å². The third kappa shape index (κ3) is 5.26. The van der Waals surface area contributed by atoms with Gasteiger partial charge in [-0.2, -0.15) is 0 Å². The summed E-state index contributed by atoms with van der Waals surface area (Å²) >= 11 is 0. The Kier molecular flexibility index (Phi) is 6.08. The van der Waals surface area contributed by atoms with E-state index in [2.05, 4.69) is 0 Å². The van der Waals surface area contributed by atoms with Gasteiger partial charge in [0.15, 0.2) is 0 Å². The minimum Gasteiger partial charge on any atom is -0.391 e. The van der Waals surface area contributed by atoms with Gasteiger partial charge in [-0.05, 0) is 25.3 Å². The molecule has 0 aliphatic rings. The third-order valence-corrected chi connectivity index (χ3v) is 2.46. The lowest BCUT2D eigenvalue weighted by Crippen LogP contribution is -2.22. The van der Waals surface area contributed by atoms with Crippen molar-refractivity contribution in [3.63, 3.8) is 0 Å². The second-order valence-electron chi connectivity index (χ2n) is 3.99. The van der Waals surface area contributed by atoms with Crippen LogP contribution in [0.2, 0.25) is 0 Å². The van der Waals surface area contributed by atoms with Crippen molar-refractivity contribution in [2.24, 2.45) is 0 Å². The van der Waals surface area contributed by atoms with Gasteiger partial charge in [0.1, 0.15) is 0 Å². The summed E-state index contributed by atoms with van der Waals surface area (Å²) < 4.78 is 5.46. The highest BCUT2D eigenvalue weighted by atomic mass is 16.5. The molecule has 3 nitrogen and oxygen atoms in total. The number of hydrogen-bond donors (Lipinski definition) is 2. The van der Waals surface area contributed by atoms with Crippen LogP contribution in [0.15, 0.2) is 30.3 Å². The maximum atomic E-state index is 9.34. The topological polar surface area (TPSA) is 49.7 Å². The number of aliphatic hydroxyl groups is 2. The maximum absolute atomic E-state index is 9.34. The monoisotopic (exact) mass is 224 g/mol. The van der Waals surface area contributed by atoms with Gasteiger partial charge in [-0.1, -0.05) is 30.3 Å². The molecule has 1 aromatic rings. The van der Waals surface area contributed by atoms with Gasteiger partial charge in [-0.3, -0.25) is 0 Å². The Morgan fingerprint density at radius 3 is 2.50 bits per heavy atom. The number of rotatable bonds is 7. The van der Waals surface area contributed by atoms with Crippen LogP contribution in [-0.4, -0.2) is 29.0 Å². The van der Waals surface area contributed by atoms with E-state index in [1.165, 1.54) is 0 Å². The normalized spacial score (nSPS) is 14.7. The van der Waals surface area contributed by atoms with E-state index in [0.717, 1.165) is 12.0 Å². The Bertz CT molecular complexity index is 272. The van der Waals surface area contributed by atoms with Gasteiger partial charge >= 0.3 is 0 Å². The van der Waals surface area contributed by atoms with Crippen molar-refractivity contribution in [3.8, 4) is 0 Å². The fourth-order valence-corrected chi connectivity index (χ4v) is 1.40. The van der Waals surface area contributed by atoms with E-state index in [1.807, 2.05) is 30.3 Å². The fraction of sp³-hybridized carbons (Fsp3) is 0.538. The largest absolute Gasteiger partial charge is 0.391 e. The molecule has 0 bridgehead atoms. The van der Waals surface area contributed by atoms with Crippen molar-refractivity contribution in [2.75, 3.05) is 6.61 Å². The highest BCUT2D eigenvalue weighted by molar-refractivity contribution is 5.13. The van der Waals surface area contributed by atoms with Crippen molar-refractivity contribution in [1.29, 1.82) is 0 Å². The Hall–Kier alpha value is -0.900. The minimum atomic E-state index is -0.658. The first-order valence-electron chi connectivity index (χ1n) is 5.68. The van der Waals surface area contributed by atoms with E-state index >= 15 is 0 Å². The van der Waals surface area contributed by atoms with Crippen LogP contribution in [0.4, 0.5) is 0 Å². The van der Waals surface area contributed by atoms with Crippen LogP contribution in [0, 0.1) is 0 Å². The molecular formula is C13H20O3. The summed E-state index contributed by atoms with van der Waals surface area (Å²) in [4.78, 5) is 0. The standard InChI is InChI=1S/C13H20O3/c1-11(14)13(15)8-5-9-16-10-12-6-3-2-4-7-12/h2-4,6-7,11,13-15H,5,8-10H2,1H3/t11-,13-/m1/s1. The van der Waals surface area contributed by atoms with Crippen LogP contribution >= 0.6 is 0 Å². The van der Waals surface area contributed by atoms with Crippen molar-refractivity contribution < 1.29 is 14.9 Å². The van der Waals surface area contributed by atoms with E-state index in [9.17, 15) is 5.11 Å². The molecule has 2 atom stereocenters. The first kappa shape index (κ1) is 13.2. The van der Waals surface area contributed by atoms with Crippen LogP contribution in [0.25, 0.3) is 0 Å². The van der Waals surface area contributed by atoms with Crippen molar-refractivity contribution in [3.05, 3.63) is 35.9 Å². The van der Waals surface area contributed by atoms with E-state index in [0.29, 0.717) is 19.6 Å². The van der Waals surface area contributed by atoms with Gasteiger partial charge in [0, 0.05) is 6.61 Å². The molecule has 0 aliphatic heterocycles. The average molecular weight is 224 g/mol. The number of ether oxygens (including phenoxy) is 1. The number of hydrogen-bond acceptors (Lipinski definition) is 3. The Morgan fingerprint density at radius 1 is 1.19 bits per heavy atom. The second-order valence-corrected chi connectivity index (χ2v) is 3.99. The molecule has 1 rings (SSSR count). The minimum absolute atomic E-state index is 0.576. The van der Waals surface area contributed by atoms with E-state index in [4.69, 9.17) is 9.84 Å². The van der Waals surface area contributed by atoms with E-state index < -0.39 is 12.2 Å². The van der Waals surface area contributed by atoms with Crippen LogP contribution in [-0.2, 0) is 11.3 Å². The molecule has 0 aliphatic carbocycles. The predicted molar refractivity (Wildman–Crippen MR) is 63.0 cm³/mol. The van der Waals surface area contributed by atoms with Gasteiger partial charge < -0.3 is 14.9 Å². The van der Waals surface area contributed by atoms with Crippen molar-refractivity contribution in [1.82, 2.24) is 0 Å². The summed E-state index contributed by atoms with van der Waals surface area (Å²) in [5, 5.41) is 18.4. The van der Waals surface area contributed by atoms with Gasteiger partial charge in [0.05, 0.1) is 18.8 Å². The molecule has 0 amide bonds. The predicted octanol–water partition coefficient (Wildman–Crippen LogP) is 1.73. The molecule has 2 N–H and O–H groups in total. The SMILES string of the molecule is C[C@@H](O)[C@H](O)CCCOCc1ccccc1.